The number of rotatable bonds is 2. The standard InChI is InChI=1S/C13H8Cl2F3N/c14-10-6-5-8(7-11(10)15)19-12-4-2-1-3-9(12)13(16,17)18/h1-7,19H. The van der Waals surface area contributed by atoms with Crippen LogP contribution in [0.25, 0.3) is 0 Å². The molecule has 0 aliphatic heterocycles. The van der Waals surface area contributed by atoms with Gasteiger partial charge in [0.1, 0.15) is 0 Å². The van der Waals surface area contributed by atoms with Gasteiger partial charge in [-0.1, -0.05) is 35.3 Å². The van der Waals surface area contributed by atoms with Crippen LogP contribution in [0.5, 0.6) is 0 Å². The molecule has 100 valence electrons. The van der Waals surface area contributed by atoms with Crippen LogP contribution in [-0.2, 0) is 6.18 Å². The average Bonchev–Trinajstić information content (AvgIpc) is 2.33. The Labute approximate surface area is 118 Å². The van der Waals surface area contributed by atoms with E-state index in [0.717, 1.165) is 6.07 Å². The Morgan fingerprint density at radius 3 is 2.21 bits per heavy atom. The van der Waals surface area contributed by atoms with Crippen LogP contribution >= 0.6 is 23.2 Å². The van der Waals surface area contributed by atoms with E-state index in [2.05, 4.69) is 5.32 Å². The zero-order valence-corrected chi connectivity index (χ0v) is 10.9. The highest BCUT2D eigenvalue weighted by Gasteiger charge is 2.33. The Morgan fingerprint density at radius 1 is 0.895 bits per heavy atom. The molecule has 0 aliphatic rings. The molecule has 19 heavy (non-hydrogen) atoms. The molecular formula is C13H8Cl2F3N. The highest BCUT2D eigenvalue weighted by atomic mass is 35.5. The molecule has 0 atom stereocenters. The predicted molar refractivity (Wildman–Crippen MR) is 71.2 cm³/mol. The zero-order chi connectivity index (χ0) is 14.0. The molecule has 0 aliphatic carbocycles. The molecule has 0 unspecified atom stereocenters. The van der Waals surface area contributed by atoms with Crippen molar-refractivity contribution in [2.45, 2.75) is 6.18 Å². The van der Waals surface area contributed by atoms with Crippen molar-refractivity contribution in [3.05, 3.63) is 58.1 Å². The highest BCUT2D eigenvalue weighted by Crippen LogP contribution is 2.36. The first-order chi connectivity index (χ1) is 8.88. The maximum absolute atomic E-state index is 12.8. The topological polar surface area (TPSA) is 12.0 Å². The minimum atomic E-state index is -4.42. The normalized spacial score (nSPS) is 11.4. The molecule has 6 heteroatoms. The van der Waals surface area contributed by atoms with Gasteiger partial charge in [-0.25, -0.2) is 0 Å². The molecule has 2 aromatic rings. The van der Waals surface area contributed by atoms with Gasteiger partial charge in [0, 0.05) is 5.69 Å². The number of halogens is 5. The van der Waals surface area contributed by atoms with E-state index in [1.54, 1.807) is 6.07 Å². The van der Waals surface area contributed by atoms with E-state index in [9.17, 15) is 13.2 Å². The maximum atomic E-state index is 12.8. The summed E-state index contributed by atoms with van der Waals surface area (Å²) >= 11 is 11.6. The number of para-hydroxylation sites is 1. The van der Waals surface area contributed by atoms with E-state index in [4.69, 9.17) is 23.2 Å². The van der Waals surface area contributed by atoms with E-state index in [1.807, 2.05) is 0 Å². The van der Waals surface area contributed by atoms with Crippen LogP contribution in [0.4, 0.5) is 24.5 Å². The van der Waals surface area contributed by atoms with Crippen LogP contribution < -0.4 is 5.32 Å². The van der Waals surface area contributed by atoms with Gasteiger partial charge in [0.15, 0.2) is 0 Å². The average molecular weight is 306 g/mol. The summed E-state index contributed by atoms with van der Waals surface area (Å²) in [5.41, 5.74) is -0.333. The third-order valence-electron chi connectivity index (χ3n) is 2.43. The number of nitrogens with one attached hydrogen (secondary N) is 1. The van der Waals surface area contributed by atoms with E-state index in [1.165, 1.54) is 30.3 Å². The fourth-order valence-electron chi connectivity index (χ4n) is 1.57. The Bertz CT molecular complexity index is 597. The van der Waals surface area contributed by atoms with Crippen LogP contribution in [0.3, 0.4) is 0 Å². The lowest BCUT2D eigenvalue weighted by molar-refractivity contribution is -0.136. The maximum Gasteiger partial charge on any atom is 0.418 e. The second kappa shape index (κ2) is 5.31. The second-order valence-corrected chi connectivity index (χ2v) is 4.61. The first-order valence-corrected chi connectivity index (χ1v) is 6.02. The molecule has 0 spiro atoms. The van der Waals surface area contributed by atoms with Gasteiger partial charge < -0.3 is 5.32 Å². The highest BCUT2D eigenvalue weighted by molar-refractivity contribution is 6.42. The molecule has 0 fully saturated rings. The van der Waals surface area contributed by atoms with Gasteiger partial charge >= 0.3 is 6.18 Å². The number of alkyl halides is 3. The van der Waals surface area contributed by atoms with Gasteiger partial charge in [-0.05, 0) is 30.3 Å². The first kappa shape index (κ1) is 14.0. The fourth-order valence-corrected chi connectivity index (χ4v) is 1.87. The minimum absolute atomic E-state index is 0.0339. The first-order valence-electron chi connectivity index (χ1n) is 5.26. The monoisotopic (exact) mass is 305 g/mol. The zero-order valence-electron chi connectivity index (χ0n) is 9.43. The third-order valence-corrected chi connectivity index (χ3v) is 3.17. The third kappa shape index (κ3) is 3.33. The Balaban J connectivity index is 2.36. The van der Waals surface area contributed by atoms with Crippen molar-refractivity contribution in [3.63, 3.8) is 0 Å². The number of anilines is 2. The van der Waals surface area contributed by atoms with Gasteiger partial charge in [-0.3, -0.25) is 0 Å². The summed E-state index contributed by atoms with van der Waals surface area (Å²) < 4.78 is 38.4. The van der Waals surface area contributed by atoms with Gasteiger partial charge in [-0.15, -0.1) is 0 Å². The van der Waals surface area contributed by atoms with Gasteiger partial charge in [-0.2, -0.15) is 13.2 Å². The van der Waals surface area contributed by atoms with E-state index in [-0.39, 0.29) is 10.7 Å². The molecule has 2 aromatic carbocycles. The molecule has 1 nitrogen and oxygen atoms in total. The molecule has 0 saturated heterocycles. The van der Waals surface area contributed by atoms with E-state index < -0.39 is 11.7 Å². The van der Waals surface area contributed by atoms with Crippen molar-refractivity contribution >= 4 is 34.6 Å². The molecule has 0 radical (unpaired) electrons. The summed E-state index contributed by atoms with van der Waals surface area (Å²) in [7, 11) is 0. The summed E-state index contributed by atoms with van der Waals surface area (Å²) in [6.45, 7) is 0. The van der Waals surface area contributed by atoms with Crippen molar-refractivity contribution in [2.75, 3.05) is 5.32 Å². The summed E-state index contributed by atoms with van der Waals surface area (Å²) in [4.78, 5) is 0. The van der Waals surface area contributed by atoms with Crippen LogP contribution in [0.15, 0.2) is 42.5 Å². The van der Waals surface area contributed by atoms with E-state index >= 15 is 0 Å². The smallest absolute Gasteiger partial charge is 0.355 e. The lowest BCUT2D eigenvalue weighted by Crippen LogP contribution is -2.08. The Kier molecular flexibility index (Phi) is 3.92. The van der Waals surface area contributed by atoms with E-state index in [0.29, 0.717) is 10.7 Å². The van der Waals surface area contributed by atoms with Gasteiger partial charge in [0.25, 0.3) is 0 Å². The van der Waals surface area contributed by atoms with Crippen LogP contribution in [0.1, 0.15) is 5.56 Å². The molecule has 0 bridgehead atoms. The quantitative estimate of drug-likeness (QED) is 0.744. The Morgan fingerprint density at radius 2 is 1.58 bits per heavy atom. The fraction of sp³-hybridized carbons (Fsp3) is 0.0769. The van der Waals surface area contributed by atoms with Crippen LogP contribution in [0, 0.1) is 0 Å². The molecule has 0 saturated carbocycles. The Hall–Kier alpha value is -1.39. The molecule has 1 N–H and O–H groups in total. The number of hydrogen-bond donors (Lipinski definition) is 1. The summed E-state index contributed by atoms with van der Waals surface area (Å²) in [6.07, 6.45) is -4.42. The molecular weight excluding hydrogens is 298 g/mol. The summed E-state index contributed by atoms with van der Waals surface area (Å²) in [5, 5.41) is 3.30. The van der Waals surface area contributed by atoms with Crippen molar-refractivity contribution < 1.29 is 13.2 Å². The predicted octanol–water partition coefficient (Wildman–Crippen LogP) is 5.76. The van der Waals surface area contributed by atoms with Crippen LogP contribution in [0.2, 0.25) is 10.0 Å². The summed E-state index contributed by atoms with van der Waals surface area (Å²) in [5.74, 6) is 0. The van der Waals surface area contributed by atoms with Crippen molar-refractivity contribution in [1.29, 1.82) is 0 Å². The summed E-state index contributed by atoms with van der Waals surface area (Å²) in [6, 6.07) is 9.77. The number of hydrogen-bond acceptors (Lipinski definition) is 1. The lowest BCUT2D eigenvalue weighted by atomic mass is 10.1. The van der Waals surface area contributed by atoms with Crippen LogP contribution in [-0.4, -0.2) is 0 Å². The van der Waals surface area contributed by atoms with Gasteiger partial charge in [0.2, 0.25) is 0 Å². The molecule has 0 amide bonds. The van der Waals surface area contributed by atoms with Crippen molar-refractivity contribution in [3.8, 4) is 0 Å². The second-order valence-electron chi connectivity index (χ2n) is 3.80. The minimum Gasteiger partial charge on any atom is -0.355 e. The molecule has 0 heterocycles. The number of benzene rings is 2. The molecule has 2 rings (SSSR count). The van der Waals surface area contributed by atoms with Gasteiger partial charge in [0.05, 0.1) is 21.3 Å². The van der Waals surface area contributed by atoms with Crippen molar-refractivity contribution in [2.24, 2.45) is 0 Å². The largest absolute Gasteiger partial charge is 0.418 e. The lowest BCUT2D eigenvalue weighted by Gasteiger charge is -2.14. The van der Waals surface area contributed by atoms with Crippen molar-refractivity contribution in [1.82, 2.24) is 0 Å². The SMILES string of the molecule is FC(F)(F)c1ccccc1Nc1ccc(Cl)c(Cl)c1. The molecule has 0 aromatic heterocycles.